The van der Waals surface area contributed by atoms with Gasteiger partial charge in [0.05, 0.1) is 11.0 Å². The first-order chi connectivity index (χ1) is 8.22. The Balaban J connectivity index is 2.17. The van der Waals surface area contributed by atoms with Gasteiger partial charge in [-0.05, 0) is 42.9 Å². The second kappa shape index (κ2) is 3.82. The molecule has 0 saturated heterocycles. The van der Waals surface area contributed by atoms with Crippen LogP contribution in [-0.4, -0.2) is 15.0 Å². The van der Waals surface area contributed by atoms with Crippen molar-refractivity contribution in [3.05, 3.63) is 47.0 Å². The second-order valence-corrected chi connectivity index (χ2v) is 4.44. The van der Waals surface area contributed by atoms with Gasteiger partial charge in [0.15, 0.2) is 4.77 Å². The molecule has 17 heavy (non-hydrogen) atoms. The van der Waals surface area contributed by atoms with Crippen molar-refractivity contribution < 1.29 is 0 Å². The van der Waals surface area contributed by atoms with Crippen molar-refractivity contribution in [2.24, 2.45) is 0 Å². The SMILES string of the molecule is Cc1ccc(-c2ccc3[nH]c(=S)[nH]c3c2)cn1. The summed E-state index contributed by atoms with van der Waals surface area (Å²) in [5.41, 5.74) is 5.32. The lowest BCUT2D eigenvalue weighted by Gasteiger charge is -2.01. The number of hydrogen-bond donors (Lipinski definition) is 2. The van der Waals surface area contributed by atoms with E-state index >= 15 is 0 Å². The molecule has 2 heterocycles. The van der Waals surface area contributed by atoms with Crippen molar-refractivity contribution in [1.82, 2.24) is 15.0 Å². The fraction of sp³-hybridized carbons (Fsp3) is 0.0769. The van der Waals surface area contributed by atoms with Crippen LogP contribution in [0, 0.1) is 11.7 Å². The van der Waals surface area contributed by atoms with Gasteiger partial charge in [0, 0.05) is 17.5 Å². The second-order valence-electron chi connectivity index (χ2n) is 4.03. The first-order valence-corrected chi connectivity index (χ1v) is 5.78. The molecule has 3 rings (SSSR count). The average Bonchev–Trinajstić information content (AvgIpc) is 2.69. The first-order valence-electron chi connectivity index (χ1n) is 5.37. The molecule has 0 aliphatic carbocycles. The third kappa shape index (κ3) is 1.87. The van der Waals surface area contributed by atoms with Crippen LogP contribution in [-0.2, 0) is 0 Å². The standard InChI is InChI=1S/C13H11N3S/c1-8-2-3-10(7-14-8)9-4-5-11-12(6-9)16-13(17)15-11/h2-7H,1H3,(H2,15,16,17). The van der Waals surface area contributed by atoms with Gasteiger partial charge in [-0.15, -0.1) is 0 Å². The average molecular weight is 241 g/mol. The van der Waals surface area contributed by atoms with Crippen molar-refractivity contribution in [3.8, 4) is 11.1 Å². The van der Waals surface area contributed by atoms with Crippen molar-refractivity contribution in [2.45, 2.75) is 6.92 Å². The molecule has 1 aromatic carbocycles. The van der Waals surface area contributed by atoms with Crippen LogP contribution in [0.25, 0.3) is 22.2 Å². The molecular weight excluding hydrogens is 230 g/mol. The molecule has 3 aromatic rings. The molecule has 3 nitrogen and oxygen atoms in total. The van der Waals surface area contributed by atoms with Gasteiger partial charge in [-0.1, -0.05) is 12.1 Å². The maximum Gasteiger partial charge on any atom is 0.175 e. The van der Waals surface area contributed by atoms with Crippen LogP contribution < -0.4 is 0 Å². The van der Waals surface area contributed by atoms with E-state index < -0.39 is 0 Å². The van der Waals surface area contributed by atoms with E-state index in [0.717, 1.165) is 27.9 Å². The molecule has 84 valence electrons. The highest BCUT2D eigenvalue weighted by molar-refractivity contribution is 7.71. The molecular formula is C13H11N3S. The largest absolute Gasteiger partial charge is 0.331 e. The summed E-state index contributed by atoms with van der Waals surface area (Å²) in [5, 5.41) is 0. The number of aromatic amines is 2. The topological polar surface area (TPSA) is 44.5 Å². The van der Waals surface area contributed by atoms with Crippen LogP contribution >= 0.6 is 12.2 Å². The lowest BCUT2D eigenvalue weighted by atomic mass is 10.1. The van der Waals surface area contributed by atoms with Crippen LogP contribution in [0.4, 0.5) is 0 Å². The zero-order valence-electron chi connectivity index (χ0n) is 9.32. The van der Waals surface area contributed by atoms with E-state index in [2.05, 4.69) is 33.2 Å². The summed E-state index contributed by atoms with van der Waals surface area (Å²) in [6, 6.07) is 10.3. The van der Waals surface area contributed by atoms with Crippen LogP contribution in [0.2, 0.25) is 0 Å². The minimum Gasteiger partial charge on any atom is -0.331 e. The number of hydrogen-bond acceptors (Lipinski definition) is 2. The highest BCUT2D eigenvalue weighted by Gasteiger charge is 2.01. The number of pyridine rings is 1. The highest BCUT2D eigenvalue weighted by atomic mass is 32.1. The quantitative estimate of drug-likeness (QED) is 0.639. The minimum atomic E-state index is 0.652. The Morgan fingerprint density at radius 2 is 1.76 bits per heavy atom. The van der Waals surface area contributed by atoms with Crippen LogP contribution in [0.3, 0.4) is 0 Å². The van der Waals surface area contributed by atoms with E-state index in [1.54, 1.807) is 0 Å². The van der Waals surface area contributed by atoms with E-state index in [0.29, 0.717) is 4.77 Å². The van der Waals surface area contributed by atoms with Gasteiger partial charge in [0.1, 0.15) is 0 Å². The van der Waals surface area contributed by atoms with E-state index in [9.17, 15) is 0 Å². The van der Waals surface area contributed by atoms with Crippen LogP contribution in [0.15, 0.2) is 36.5 Å². The van der Waals surface area contributed by atoms with Gasteiger partial charge in [-0.2, -0.15) is 0 Å². The summed E-state index contributed by atoms with van der Waals surface area (Å²) in [7, 11) is 0. The summed E-state index contributed by atoms with van der Waals surface area (Å²) in [6.07, 6.45) is 1.89. The number of fused-ring (bicyclic) bond motifs is 1. The first kappa shape index (κ1) is 10.2. The Kier molecular flexibility index (Phi) is 2.30. The molecule has 0 fully saturated rings. The van der Waals surface area contributed by atoms with E-state index in [1.807, 2.05) is 25.3 Å². The van der Waals surface area contributed by atoms with Gasteiger partial charge in [0.25, 0.3) is 0 Å². The molecule has 0 radical (unpaired) electrons. The third-order valence-electron chi connectivity index (χ3n) is 2.76. The van der Waals surface area contributed by atoms with E-state index in [-0.39, 0.29) is 0 Å². The summed E-state index contributed by atoms with van der Waals surface area (Å²) in [4.78, 5) is 10.5. The lowest BCUT2D eigenvalue weighted by Crippen LogP contribution is -1.83. The number of rotatable bonds is 1. The van der Waals surface area contributed by atoms with Gasteiger partial charge in [-0.3, -0.25) is 4.98 Å². The zero-order chi connectivity index (χ0) is 11.8. The predicted octanol–water partition coefficient (Wildman–Crippen LogP) is 3.60. The van der Waals surface area contributed by atoms with E-state index in [1.165, 1.54) is 0 Å². The zero-order valence-corrected chi connectivity index (χ0v) is 10.1. The van der Waals surface area contributed by atoms with Crippen LogP contribution in [0.5, 0.6) is 0 Å². The fourth-order valence-electron chi connectivity index (χ4n) is 1.85. The summed E-state index contributed by atoms with van der Waals surface area (Å²) in [5.74, 6) is 0. The maximum absolute atomic E-state index is 5.07. The molecule has 0 saturated carbocycles. The predicted molar refractivity (Wildman–Crippen MR) is 71.5 cm³/mol. The normalized spacial score (nSPS) is 10.9. The van der Waals surface area contributed by atoms with E-state index in [4.69, 9.17) is 12.2 Å². The van der Waals surface area contributed by atoms with Crippen LogP contribution in [0.1, 0.15) is 5.69 Å². The number of nitrogens with one attached hydrogen (secondary N) is 2. The number of benzene rings is 1. The van der Waals surface area contributed by atoms with Crippen molar-refractivity contribution in [3.63, 3.8) is 0 Å². The van der Waals surface area contributed by atoms with Gasteiger partial charge in [-0.25, -0.2) is 0 Å². The smallest absolute Gasteiger partial charge is 0.175 e. The number of aryl methyl sites for hydroxylation is 1. The molecule has 0 atom stereocenters. The summed E-state index contributed by atoms with van der Waals surface area (Å²) in [6.45, 7) is 1.98. The Morgan fingerprint density at radius 3 is 2.53 bits per heavy atom. The number of nitrogens with zero attached hydrogens (tertiary/aromatic N) is 1. The maximum atomic E-state index is 5.07. The number of aromatic nitrogens is 3. The van der Waals surface area contributed by atoms with Gasteiger partial charge in [0.2, 0.25) is 0 Å². The Hall–Kier alpha value is -1.94. The third-order valence-corrected chi connectivity index (χ3v) is 2.96. The van der Waals surface area contributed by atoms with Gasteiger partial charge >= 0.3 is 0 Å². The highest BCUT2D eigenvalue weighted by Crippen LogP contribution is 2.22. The Morgan fingerprint density at radius 1 is 1.00 bits per heavy atom. The van der Waals surface area contributed by atoms with Crippen molar-refractivity contribution in [2.75, 3.05) is 0 Å². The fourth-order valence-corrected chi connectivity index (χ4v) is 2.07. The molecule has 2 aromatic heterocycles. The molecule has 2 N–H and O–H groups in total. The Bertz CT molecular complexity index is 722. The Labute approximate surface area is 104 Å². The molecule has 0 amide bonds. The minimum absolute atomic E-state index is 0.652. The molecule has 0 unspecified atom stereocenters. The molecule has 4 heteroatoms. The molecule has 0 spiro atoms. The van der Waals surface area contributed by atoms with Crippen molar-refractivity contribution >= 4 is 23.3 Å². The lowest BCUT2D eigenvalue weighted by molar-refractivity contribution is 1.20. The monoisotopic (exact) mass is 241 g/mol. The summed E-state index contributed by atoms with van der Waals surface area (Å²) < 4.78 is 0.652. The number of imidazole rings is 1. The van der Waals surface area contributed by atoms with Crippen molar-refractivity contribution in [1.29, 1.82) is 0 Å². The molecule has 0 aliphatic rings. The molecule has 0 aliphatic heterocycles. The summed E-state index contributed by atoms with van der Waals surface area (Å²) >= 11 is 5.07. The number of H-pyrrole nitrogens is 2. The van der Waals surface area contributed by atoms with Gasteiger partial charge < -0.3 is 9.97 Å². The molecule has 0 bridgehead atoms.